The molecule has 0 radical (unpaired) electrons. The van der Waals surface area contributed by atoms with E-state index in [9.17, 15) is 13.2 Å². The Morgan fingerprint density at radius 2 is 1.92 bits per heavy atom. The van der Waals surface area contributed by atoms with Gasteiger partial charge in [0, 0.05) is 19.5 Å². The van der Waals surface area contributed by atoms with Crippen LogP contribution in [-0.2, 0) is 23.3 Å². The third-order valence-electron chi connectivity index (χ3n) is 3.45. The third kappa shape index (κ3) is 3.91. The lowest BCUT2D eigenvalue weighted by Crippen LogP contribution is -2.16. The lowest BCUT2D eigenvalue weighted by Gasteiger charge is -2.01. The van der Waals surface area contributed by atoms with Crippen molar-refractivity contribution in [2.75, 3.05) is 11.6 Å². The molecule has 0 bridgehead atoms. The quantitative estimate of drug-likeness (QED) is 0.721. The van der Waals surface area contributed by atoms with E-state index < -0.39 is 15.7 Å². The van der Waals surface area contributed by atoms with E-state index in [0.29, 0.717) is 18.0 Å². The van der Waals surface area contributed by atoms with Gasteiger partial charge in [-0.25, -0.2) is 8.42 Å². The molecular weight excluding hydrogens is 346 g/mol. The van der Waals surface area contributed by atoms with E-state index in [4.69, 9.17) is 4.42 Å². The van der Waals surface area contributed by atoms with Crippen molar-refractivity contribution in [3.63, 3.8) is 0 Å². The van der Waals surface area contributed by atoms with Crippen LogP contribution in [0.1, 0.15) is 21.9 Å². The van der Waals surface area contributed by atoms with Crippen molar-refractivity contribution in [2.24, 2.45) is 7.05 Å². The number of benzene rings is 1. The molecule has 2 aromatic heterocycles. The molecule has 0 aliphatic heterocycles. The first-order valence-electron chi connectivity index (χ1n) is 7.23. The summed E-state index contributed by atoms with van der Waals surface area (Å²) in [5.41, 5.74) is 1.16. The molecule has 2 heterocycles. The number of aromatic nitrogens is 4. The summed E-state index contributed by atoms with van der Waals surface area (Å²) in [6, 6.07) is 7.94. The van der Waals surface area contributed by atoms with Crippen molar-refractivity contribution in [2.45, 2.75) is 11.3 Å². The number of nitrogens with one attached hydrogen (secondary N) is 1. The van der Waals surface area contributed by atoms with E-state index in [1.807, 2.05) is 0 Å². The molecule has 0 aliphatic carbocycles. The first-order chi connectivity index (χ1) is 11.8. The zero-order chi connectivity index (χ0) is 18.0. The zero-order valence-electron chi connectivity index (χ0n) is 13.5. The molecular formula is C15H15N5O4S. The minimum absolute atomic E-state index is 0.0195. The predicted octanol–water partition coefficient (Wildman–Crippen LogP) is 1.05. The molecule has 25 heavy (non-hydrogen) atoms. The maximum atomic E-state index is 12.0. The highest BCUT2D eigenvalue weighted by molar-refractivity contribution is 7.90. The van der Waals surface area contributed by atoms with Gasteiger partial charge < -0.3 is 4.42 Å². The molecule has 1 aromatic carbocycles. The van der Waals surface area contributed by atoms with Crippen LogP contribution < -0.4 is 5.32 Å². The second-order valence-electron chi connectivity index (χ2n) is 5.39. The van der Waals surface area contributed by atoms with E-state index in [1.54, 1.807) is 25.2 Å². The maximum Gasteiger partial charge on any atom is 0.322 e. The van der Waals surface area contributed by atoms with Gasteiger partial charge in [-0.05, 0) is 23.8 Å². The number of carbonyl (C=O) groups excluding carboxylic acids is 1. The summed E-state index contributed by atoms with van der Waals surface area (Å²) >= 11 is 0. The Labute approximate surface area is 143 Å². The fourth-order valence-corrected chi connectivity index (χ4v) is 2.79. The van der Waals surface area contributed by atoms with Crippen molar-refractivity contribution in [1.29, 1.82) is 0 Å². The molecule has 3 rings (SSSR count). The van der Waals surface area contributed by atoms with Gasteiger partial charge in [-0.1, -0.05) is 17.2 Å². The molecule has 3 aromatic rings. The number of hydrogen-bond acceptors (Lipinski definition) is 7. The minimum Gasteiger partial charge on any atom is -0.407 e. The first-order valence-corrected chi connectivity index (χ1v) is 9.13. The summed E-state index contributed by atoms with van der Waals surface area (Å²) in [6.07, 6.45) is 2.98. The number of aryl methyl sites for hydroxylation is 1. The fourth-order valence-electron chi connectivity index (χ4n) is 2.16. The molecule has 0 unspecified atom stereocenters. The molecule has 10 heteroatoms. The Kier molecular flexibility index (Phi) is 4.36. The molecule has 1 N–H and O–H groups in total. The SMILES string of the molecule is Cn1nccc1C(=O)Nc1nnc(Cc2ccc(S(C)(=O)=O)cc2)o1. The van der Waals surface area contributed by atoms with Gasteiger partial charge in [0.15, 0.2) is 9.84 Å². The van der Waals surface area contributed by atoms with Crippen molar-refractivity contribution in [3.05, 3.63) is 53.7 Å². The van der Waals surface area contributed by atoms with E-state index in [0.717, 1.165) is 11.8 Å². The van der Waals surface area contributed by atoms with Crippen LogP contribution in [0, 0.1) is 0 Å². The van der Waals surface area contributed by atoms with E-state index in [2.05, 4.69) is 20.6 Å². The maximum absolute atomic E-state index is 12.0. The molecule has 9 nitrogen and oxygen atoms in total. The van der Waals surface area contributed by atoms with Crippen LogP contribution in [0.25, 0.3) is 0 Å². The van der Waals surface area contributed by atoms with Gasteiger partial charge in [0.2, 0.25) is 5.89 Å². The number of sulfone groups is 1. The average molecular weight is 361 g/mol. The fraction of sp³-hybridized carbons (Fsp3) is 0.200. The van der Waals surface area contributed by atoms with Crippen LogP contribution in [0.4, 0.5) is 6.01 Å². The molecule has 130 valence electrons. The lowest BCUT2D eigenvalue weighted by molar-refractivity contribution is 0.101. The molecule has 0 spiro atoms. The number of rotatable bonds is 5. The highest BCUT2D eigenvalue weighted by Crippen LogP contribution is 2.15. The Morgan fingerprint density at radius 3 is 2.52 bits per heavy atom. The van der Waals surface area contributed by atoms with Crippen LogP contribution in [0.15, 0.2) is 45.8 Å². The molecule has 0 saturated carbocycles. The number of anilines is 1. The number of amides is 1. The number of carbonyl (C=O) groups is 1. The second kappa shape index (κ2) is 6.48. The largest absolute Gasteiger partial charge is 0.407 e. The summed E-state index contributed by atoms with van der Waals surface area (Å²) in [4.78, 5) is 12.3. The van der Waals surface area contributed by atoms with Crippen LogP contribution in [-0.4, -0.2) is 40.6 Å². The standard InChI is InChI=1S/C15H15N5O4S/c1-20-12(7-8-16-20)14(21)17-15-19-18-13(24-15)9-10-3-5-11(6-4-10)25(2,22)23/h3-8H,9H2,1-2H3,(H,17,19,21). The average Bonchev–Trinajstić information content (AvgIpc) is 3.16. The van der Waals surface area contributed by atoms with E-state index in [1.165, 1.54) is 23.0 Å². The van der Waals surface area contributed by atoms with E-state index >= 15 is 0 Å². The topological polar surface area (TPSA) is 120 Å². The van der Waals surface area contributed by atoms with Gasteiger partial charge in [0.25, 0.3) is 5.91 Å². The molecule has 0 saturated heterocycles. The Morgan fingerprint density at radius 1 is 1.20 bits per heavy atom. The van der Waals surface area contributed by atoms with Crippen LogP contribution in [0.5, 0.6) is 0 Å². The van der Waals surface area contributed by atoms with Crippen LogP contribution in [0.2, 0.25) is 0 Å². The minimum atomic E-state index is -3.23. The van der Waals surface area contributed by atoms with Gasteiger partial charge >= 0.3 is 6.01 Å². The zero-order valence-corrected chi connectivity index (χ0v) is 14.3. The summed E-state index contributed by atoms with van der Waals surface area (Å²) < 4.78 is 29.7. The summed E-state index contributed by atoms with van der Waals surface area (Å²) in [6.45, 7) is 0. The summed E-state index contributed by atoms with van der Waals surface area (Å²) in [5, 5.41) is 14.1. The lowest BCUT2D eigenvalue weighted by atomic mass is 10.1. The van der Waals surface area contributed by atoms with Crippen LogP contribution in [0.3, 0.4) is 0 Å². The van der Waals surface area contributed by atoms with Gasteiger partial charge in [-0.3, -0.25) is 14.8 Å². The van der Waals surface area contributed by atoms with Crippen LogP contribution >= 0.6 is 0 Å². The highest BCUT2D eigenvalue weighted by Gasteiger charge is 2.14. The van der Waals surface area contributed by atoms with Crippen molar-refractivity contribution >= 4 is 21.8 Å². The van der Waals surface area contributed by atoms with Crippen molar-refractivity contribution in [3.8, 4) is 0 Å². The second-order valence-corrected chi connectivity index (χ2v) is 7.40. The number of hydrogen-bond donors (Lipinski definition) is 1. The van der Waals surface area contributed by atoms with Gasteiger partial charge in [-0.15, -0.1) is 5.10 Å². The van der Waals surface area contributed by atoms with Gasteiger partial charge in [0.05, 0.1) is 11.3 Å². The third-order valence-corrected chi connectivity index (χ3v) is 4.58. The van der Waals surface area contributed by atoms with Crippen molar-refractivity contribution < 1.29 is 17.6 Å². The smallest absolute Gasteiger partial charge is 0.322 e. The highest BCUT2D eigenvalue weighted by atomic mass is 32.2. The summed E-state index contributed by atoms with van der Waals surface area (Å²) in [7, 11) is -1.59. The Balaban J connectivity index is 1.68. The van der Waals surface area contributed by atoms with Crippen molar-refractivity contribution in [1.82, 2.24) is 20.0 Å². The number of nitrogens with zero attached hydrogens (tertiary/aromatic N) is 4. The van der Waals surface area contributed by atoms with Gasteiger partial charge in [-0.2, -0.15) is 5.10 Å². The Bertz CT molecular complexity index is 1000. The first kappa shape index (κ1) is 16.8. The monoisotopic (exact) mass is 361 g/mol. The summed E-state index contributed by atoms with van der Waals surface area (Å²) in [5.74, 6) is -0.111. The Hall–Kier alpha value is -3.01. The van der Waals surface area contributed by atoms with E-state index in [-0.39, 0.29) is 10.9 Å². The molecule has 0 atom stereocenters. The predicted molar refractivity (Wildman–Crippen MR) is 87.8 cm³/mol. The van der Waals surface area contributed by atoms with Gasteiger partial charge in [0.1, 0.15) is 5.69 Å². The normalized spacial score (nSPS) is 11.4. The molecule has 0 aliphatic rings. The molecule has 1 amide bonds. The molecule has 0 fully saturated rings.